The van der Waals surface area contributed by atoms with Gasteiger partial charge in [-0.3, -0.25) is 4.79 Å². The molecular weight excluding hydrogens is 415 g/mol. The molecule has 31 heavy (non-hydrogen) atoms. The molecule has 1 aliphatic rings. The average Bonchev–Trinajstić information content (AvgIpc) is 3.13. The highest BCUT2D eigenvalue weighted by Crippen LogP contribution is 2.24. The minimum atomic E-state index is -4.76. The number of rotatable bonds is 8. The number of amides is 1. The summed E-state index contributed by atoms with van der Waals surface area (Å²) < 4.78 is 51.8. The Labute approximate surface area is 178 Å². The van der Waals surface area contributed by atoms with Crippen LogP contribution < -0.4 is 4.74 Å². The lowest BCUT2D eigenvalue weighted by Crippen LogP contribution is -2.43. The lowest BCUT2D eigenvalue weighted by Gasteiger charge is -2.32. The normalized spacial score (nSPS) is 17.2. The summed E-state index contributed by atoms with van der Waals surface area (Å²) in [6.07, 6.45) is -2.02. The first-order valence-corrected chi connectivity index (χ1v) is 10.3. The fourth-order valence-electron chi connectivity index (χ4n) is 3.38. The third kappa shape index (κ3) is 7.23. The molecular formula is C21H26F3N3O4. The molecule has 10 heteroatoms. The number of ether oxygens (including phenoxy) is 2. The van der Waals surface area contributed by atoms with Crippen LogP contribution >= 0.6 is 0 Å². The lowest BCUT2D eigenvalue weighted by molar-refractivity contribution is -0.274. The predicted octanol–water partition coefficient (Wildman–Crippen LogP) is 4.03. The minimum Gasteiger partial charge on any atom is -0.406 e. The summed E-state index contributed by atoms with van der Waals surface area (Å²) in [6, 6.07) is 4.94. The summed E-state index contributed by atoms with van der Waals surface area (Å²) in [7, 11) is 0. The third-order valence-electron chi connectivity index (χ3n) is 4.77. The van der Waals surface area contributed by atoms with Gasteiger partial charge in [0.15, 0.2) is 5.82 Å². The van der Waals surface area contributed by atoms with E-state index in [1.54, 1.807) is 4.90 Å². The zero-order valence-corrected chi connectivity index (χ0v) is 17.5. The molecule has 2 aromatic rings. The van der Waals surface area contributed by atoms with Gasteiger partial charge < -0.3 is 18.9 Å². The van der Waals surface area contributed by atoms with E-state index in [0.717, 1.165) is 31.4 Å². The van der Waals surface area contributed by atoms with E-state index in [9.17, 15) is 18.0 Å². The number of aromatic nitrogens is 2. The molecule has 1 fully saturated rings. The third-order valence-corrected chi connectivity index (χ3v) is 4.77. The van der Waals surface area contributed by atoms with Crippen LogP contribution in [0.2, 0.25) is 0 Å². The topological polar surface area (TPSA) is 77.7 Å². The maximum atomic E-state index is 12.7. The number of hydrogen-bond donors (Lipinski definition) is 0. The first-order chi connectivity index (χ1) is 14.7. The van der Waals surface area contributed by atoms with Crippen molar-refractivity contribution in [1.29, 1.82) is 0 Å². The van der Waals surface area contributed by atoms with Gasteiger partial charge in [-0.15, -0.1) is 13.2 Å². The SMILES string of the molecule is CC(C)Cc1nc(CCOC2CCCN(C(=O)c3ccc(OC(F)(F)F)cc3)C2)no1. The first-order valence-electron chi connectivity index (χ1n) is 10.3. The zero-order chi connectivity index (χ0) is 22.4. The highest BCUT2D eigenvalue weighted by molar-refractivity contribution is 5.94. The standard InChI is InChI=1S/C21H26F3N3O4/c1-14(2)12-19-25-18(26-31-19)9-11-29-17-4-3-10-27(13-17)20(28)15-5-7-16(8-6-15)30-21(22,23)24/h5-8,14,17H,3-4,9-13H2,1-2H3. The number of piperidine rings is 1. The van der Waals surface area contributed by atoms with Crippen LogP contribution in [0.25, 0.3) is 0 Å². The quantitative estimate of drug-likeness (QED) is 0.616. The number of benzene rings is 1. The number of hydrogen-bond acceptors (Lipinski definition) is 6. The van der Waals surface area contributed by atoms with Crippen LogP contribution in [0.15, 0.2) is 28.8 Å². The number of likely N-dealkylation sites (tertiary alicyclic amines) is 1. The van der Waals surface area contributed by atoms with Crippen molar-refractivity contribution < 1.29 is 32.0 Å². The molecule has 1 atom stereocenters. The van der Waals surface area contributed by atoms with Crippen LogP contribution in [-0.4, -0.2) is 53.1 Å². The van der Waals surface area contributed by atoms with Gasteiger partial charge in [-0.25, -0.2) is 0 Å². The Morgan fingerprint density at radius 1 is 1.29 bits per heavy atom. The second-order valence-corrected chi connectivity index (χ2v) is 7.91. The fourth-order valence-corrected chi connectivity index (χ4v) is 3.38. The van der Waals surface area contributed by atoms with E-state index in [0.29, 0.717) is 49.3 Å². The molecule has 1 aromatic heterocycles. The Kier molecular flexibility index (Phi) is 7.53. The molecule has 0 bridgehead atoms. The molecule has 1 aromatic carbocycles. The number of halogens is 3. The molecule has 7 nitrogen and oxygen atoms in total. The Morgan fingerprint density at radius 3 is 2.71 bits per heavy atom. The van der Waals surface area contributed by atoms with Gasteiger partial charge in [0.1, 0.15) is 5.75 Å². The van der Waals surface area contributed by atoms with E-state index >= 15 is 0 Å². The van der Waals surface area contributed by atoms with E-state index in [4.69, 9.17) is 9.26 Å². The second kappa shape index (κ2) is 10.1. The Morgan fingerprint density at radius 2 is 2.03 bits per heavy atom. The Balaban J connectivity index is 1.47. The van der Waals surface area contributed by atoms with Gasteiger partial charge in [0.2, 0.25) is 5.89 Å². The first kappa shape index (κ1) is 23.1. The summed E-state index contributed by atoms with van der Waals surface area (Å²) in [4.78, 5) is 18.7. The summed E-state index contributed by atoms with van der Waals surface area (Å²) in [5.74, 6) is 1.04. The van der Waals surface area contributed by atoms with Crippen LogP contribution in [0.3, 0.4) is 0 Å². The molecule has 1 amide bonds. The Bertz CT molecular complexity index is 852. The highest BCUT2D eigenvalue weighted by atomic mass is 19.4. The van der Waals surface area contributed by atoms with E-state index in [1.807, 2.05) is 0 Å². The molecule has 1 unspecified atom stereocenters. The molecule has 0 spiro atoms. The monoisotopic (exact) mass is 441 g/mol. The van der Waals surface area contributed by atoms with Crippen LogP contribution in [-0.2, 0) is 17.6 Å². The number of alkyl halides is 3. The van der Waals surface area contributed by atoms with Crippen LogP contribution in [0.5, 0.6) is 5.75 Å². The van der Waals surface area contributed by atoms with E-state index in [2.05, 4.69) is 28.7 Å². The van der Waals surface area contributed by atoms with Crippen LogP contribution in [0.1, 0.15) is 48.8 Å². The van der Waals surface area contributed by atoms with Crippen molar-refractivity contribution in [1.82, 2.24) is 15.0 Å². The van der Waals surface area contributed by atoms with Gasteiger partial charge in [-0.1, -0.05) is 19.0 Å². The van der Waals surface area contributed by atoms with Gasteiger partial charge in [-0.05, 0) is 43.0 Å². The maximum absolute atomic E-state index is 12.7. The van der Waals surface area contributed by atoms with E-state index in [-0.39, 0.29) is 17.8 Å². The predicted molar refractivity (Wildman–Crippen MR) is 105 cm³/mol. The van der Waals surface area contributed by atoms with Crippen molar-refractivity contribution in [3.05, 3.63) is 41.5 Å². The van der Waals surface area contributed by atoms with Crippen molar-refractivity contribution in [2.45, 2.75) is 52.0 Å². The lowest BCUT2D eigenvalue weighted by atomic mass is 10.1. The molecule has 2 heterocycles. The molecule has 0 aliphatic carbocycles. The number of nitrogens with zero attached hydrogens (tertiary/aromatic N) is 3. The average molecular weight is 441 g/mol. The van der Waals surface area contributed by atoms with Crippen LogP contribution in [0, 0.1) is 5.92 Å². The zero-order valence-electron chi connectivity index (χ0n) is 17.5. The van der Waals surface area contributed by atoms with Gasteiger partial charge >= 0.3 is 6.36 Å². The van der Waals surface area contributed by atoms with Crippen molar-refractivity contribution in [3.63, 3.8) is 0 Å². The van der Waals surface area contributed by atoms with Crippen molar-refractivity contribution in [2.75, 3.05) is 19.7 Å². The van der Waals surface area contributed by atoms with Crippen molar-refractivity contribution in [3.8, 4) is 5.75 Å². The fraction of sp³-hybridized carbons (Fsp3) is 0.571. The summed E-state index contributed by atoms with van der Waals surface area (Å²) in [5.41, 5.74) is 0.305. The van der Waals surface area contributed by atoms with Gasteiger partial charge in [0, 0.05) is 31.5 Å². The second-order valence-electron chi connectivity index (χ2n) is 7.91. The van der Waals surface area contributed by atoms with E-state index in [1.165, 1.54) is 12.1 Å². The molecule has 1 saturated heterocycles. The summed E-state index contributed by atoms with van der Waals surface area (Å²) in [5, 5.41) is 3.95. The summed E-state index contributed by atoms with van der Waals surface area (Å²) >= 11 is 0. The van der Waals surface area contributed by atoms with Crippen molar-refractivity contribution >= 4 is 5.91 Å². The highest BCUT2D eigenvalue weighted by Gasteiger charge is 2.31. The number of carbonyl (C=O) groups excluding carboxylic acids is 1. The Hall–Kier alpha value is -2.62. The molecule has 0 N–H and O–H groups in total. The molecule has 3 rings (SSSR count). The minimum absolute atomic E-state index is 0.118. The smallest absolute Gasteiger partial charge is 0.406 e. The maximum Gasteiger partial charge on any atom is 0.573 e. The number of carbonyl (C=O) groups is 1. The van der Waals surface area contributed by atoms with Gasteiger partial charge in [0.05, 0.1) is 12.7 Å². The molecule has 0 radical (unpaired) electrons. The van der Waals surface area contributed by atoms with Gasteiger partial charge in [-0.2, -0.15) is 4.98 Å². The van der Waals surface area contributed by atoms with E-state index < -0.39 is 6.36 Å². The van der Waals surface area contributed by atoms with Crippen LogP contribution in [0.4, 0.5) is 13.2 Å². The molecule has 1 aliphatic heterocycles. The summed E-state index contributed by atoms with van der Waals surface area (Å²) in [6.45, 7) is 5.56. The largest absolute Gasteiger partial charge is 0.573 e. The molecule has 170 valence electrons. The van der Waals surface area contributed by atoms with Gasteiger partial charge in [0.25, 0.3) is 5.91 Å². The molecule has 0 saturated carbocycles. The van der Waals surface area contributed by atoms with Crippen molar-refractivity contribution in [2.24, 2.45) is 5.92 Å².